The average molecular weight is 294 g/mol. The van der Waals surface area contributed by atoms with Crippen molar-refractivity contribution in [1.82, 2.24) is 10.6 Å². The van der Waals surface area contributed by atoms with Crippen molar-refractivity contribution >= 4 is 17.6 Å². The third-order valence-corrected chi connectivity index (χ3v) is 3.49. The highest BCUT2D eigenvalue weighted by Gasteiger charge is 2.24. The molecule has 2 rings (SSSR count). The first-order valence-electron chi connectivity index (χ1n) is 6.85. The van der Waals surface area contributed by atoms with Gasteiger partial charge in [0.1, 0.15) is 5.82 Å². The van der Waals surface area contributed by atoms with Gasteiger partial charge in [0, 0.05) is 19.6 Å². The lowest BCUT2D eigenvalue weighted by molar-refractivity contribution is -0.120. The first kappa shape index (κ1) is 15.1. The molecule has 1 aliphatic heterocycles. The maximum atomic E-state index is 13.7. The number of nitrogens with zero attached hydrogens (tertiary/aromatic N) is 1. The number of hydrogen-bond donors (Lipinski definition) is 3. The van der Waals surface area contributed by atoms with Gasteiger partial charge in [0.05, 0.1) is 12.2 Å². The summed E-state index contributed by atoms with van der Waals surface area (Å²) in [4.78, 5) is 23.9. The summed E-state index contributed by atoms with van der Waals surface area (Å²) in [5, 5.41) is 4.97. The van der Waals surface area contributed by atoms with Crippen LogP contribution in [0.15, 0.2) is 24.3 Å². The number of primary amides is 1. The van der Waals surface area contributed by atoms with Crippen molar-refractivity contribution in [2.45, 2.75) is 6.42 Å². The SMILES string of the molecule is NC(=O)NCC(=O)NC[C@H]1CCN(c2ccccc2F)C1. The van der Waals surface area contributed by atoms with E-state index in [1.165, 1.54) is 6.07 Å². The molecule has 1 aromatic rings. The Balaban J connectivity index is 1.77. The van der Waals surface area contributed by atoms with E-state index in [0.717, 1.165) is 13.0 Å². The molecule has 114 valence electrons. The highest BCUT2D eigenvalue weighted by molar-refractivity contribution is 5.83. The fourth-order valence-electron chi connectivity index (χ4n) is 2.41. The number of carbonyl (C=O) groups is 2. The second-order valence-corrected chi connectivity index (χ2v) is 5.07. The van der Waals surface area contributed by atoms with Crippen LogP contribution in [0, 0.1) is 11.7 Å². The number of urea groups is 1. The van der Waals surface area contributed by atoms with Crippen molar-refractivity contribution in [1.29, 1.82) is 0 Å². The molecule has 1 aromatic carbocycles. The van der Waals surface area contributed by atoms with Crippen molar-refractivity contribution in [3.8, 4) is 0 Å². The number of anilines is 1. The normalized spacial score (nSPS) is 17.6. The molecule has 21 heavy (non-hydrogen) atoms. The maximum absolute atomic E-state index is 13.7. The van der Waals surface area contributed by atoms with Crippen LogP contribution in [0.25, 0.3) is 0 Å². The van der Waals surface area contributed by atoms with Crippen LogP contribution in [0.4, 0.5) is 14.9 Å². The molecule has 0 radical (unpaired) electrons. The first-order valence-corrected chi connectivity index (χ1v) is 6.85. The molecule has 0 spiro atoms. The Morgan fingerprint density at radius 1 is 1.33 bits per heavy atom. The summed E-state index contributed by atoms with van der Waals surface area (Å²) in [7, 11) is 0. The van der Waals surface area contributed by atoms with Crippen molar-refractivity contribution in [2.24, 2.45) is 11.7 Å². The molecule has 0 saturated carbocycles. The minimum atomic E-state index is -0.725. The monoisotopic (exact) mass is 294 g/mol. The molecule has 0 aromatic heterocycles. The van der Waals surface area contributed by atoms with Gasteiger partial charge in [0.2, 0.25) is 5.91 Å². The number of rotatable bonds is 5. The van der Waals surface area contributed by atoms with Crippen LogP contribution in [-0.2, 0) is 4.79 Å². The zero-order valence-corrected chi connectivity index (χ0v) is 11.6. The van der Waals surface area contributed by atoms with E-state index >= 15 is 0 Å². The minimum Gasteiger partial charge on any atom is -0.369 e. The molecule has 7 heteroatoms. The maximum Gasteiger partial charge on any atom is 0.312 e. The van der Waals surface area contributed by atoms with Gasteiger partial charge in [-0.1, -0.05) is 12.1 Å². The van der Waals surface area contributed by atoms with Crippen molar-refractivity contribution < 1.29 is 14.0 Å². The first-order chi connectivity index (χ1) is 10.1. The van der Waals surface area contributed by atoms with E-state index in [-0.39, 0.29) is 24.2 Å². The number of nitrogens with two attached hydrogens (primary N) is 1. The standard InChI is InChI=1S/C14H19FN4O2/c15-11-3-1-2-4-12(11)19-6-5-10(9-19)7-17-13(20)8-18-14(16)21/h1-4,10H,5-9H2,(H,17,20)(H3,16,18,21)/t10-/m1/s1. The Morgan fingerprint density at radius 3 is 2.81 bits per heavy atom. The van der Waals surface area contributed by atoms with Crippen molar-refractivity contribution in [2.75, 3.05) is 31.1 Å². The second-order valence-electron chi connectivity index (χ2n) is 5.07. The number of hydrogen-bond acceptors (Lipinski definition) is 3. The number of para-hydroxylation sites is 1. The minimum absolute atomic E-state index is 0.126. The summed E-state index contributed by atoms with van der Waals surface area (Å²) in [5.41, 5.74) is 5.48. The molecule has 4 N–H and O–H groups in total. The van der Waals surface area contributed by atoms with E-state index in [0.29, 0.717) is 18.8 Å². The molecular formula is C14H19FN4O2. The zero-order chi connectivity index (χ0) is 15.2. The topological polar surface area (TPSA) is 87.5 Å². The predicted octanol–water partition coefficient (Wildman–Crippen LogP) is 0.437. The van der Waals surface area contributed by atoms with Crippen LogP contribution >= 0.6 is 0 Å². The Labute approximate surface area is 122 Å². The van der Waals surface area contributed by atoms with Gasteiger partial charge in [0.15, 0.2) is 0 Å². The lowest BCUT2D eigenvalue weighted by atomic mass is 10.1. The van der Waals surface area contributed by atoms with Crippen LogP contribution in [-0.4, -0.2) is 38.1 Å². The molecule has 1 aliphatic rings. The fourth-order valence-corrected chi connectivity index (χ4v) is 2.41. The molecule has 1 atom stereocenters. The van der Waals surface area contributed by atoms with Gasteiger partial charge in [-0.25, -0.2) is 9.18 Å². The van der Waals surface area contributed by atoms with Gasteiger partial charge < -0.3 is 21.3 Å². The number of halogens is 1. The number of benzene rings is 1. The van der Waals surface area contributed by atoms with E-state index in [1.807, 2.05) is 11.0 Å². The smallest absolute Gasteiger partial charge is 0.312 e. The summed E-state index contributed by atoms with van der Waals surface area (Å²) >= 11 is 0. The molecule has 1 fully saturated rings. The number of carbonyl (C=O) groups excluding carboxylic acids is 2. The van der Waals surface area contributed by atoms with Crippen molar-refractivity contribution in [3.63, 3.8) is 0 Å². The van der Waals surface area contributed by atoms with Gasteiger partial charge in [-0.15, -0.1) is 0 Å². The molecule has 1 saturated heterocycles. The number of amides is 3. The van der Waals surface area contributed by atoms with Gasteiger partial charge in [0.25, 0.3) is 0 Å². The summed E-state index contributed by atoms with van der Waals surface area (Å²) in [6, 6.07) is 5.95. The lowest BCUT2D eigenvalue weighted by Crippen LogP contribution is -2.41. The summed E-state index contributed by atoms with van der Waals surface area (Å²) in [6.45, 7) is 1.84. The summed E-state index contributed by atoms with van der Waals surface area (Å²) < 4.78 is 13.7. The zero-order valence-electron chi connectivity index (χ0n) is 11.6. The fraction of sp³-hybridized carbons (Fsp3) is 0.429. The van der Waals surface area contributed by atoms with Crippen LogP contribution in [0.3, 0.4) is 0 Å². The molecule has 3 amide bonds. The van der Waals surface area contributed by atoms with E-state index < -0.39 is 6.03 Å². The predicted molar refractivity (Wildman–Crippen MR) is 77.3 cm³/mol. The summed E-state index contributed by atoms with van der Waals surface area (Å²) in [5.74, 6) is -0.242. The van der Waals surface area contributed by atoms with Crippen LogP contribution in [0.2, 0.25) is 0 Å². The molecular weight excluding hydrogens is 275 g/mol. The van der Waals surface area contributed by atoms with E-state index in [9.17, 15) is 14.0 Å². The van der Waals surface area contributed by atoms with Crippen LogP contribution in [0.5, 0.6) is 0 Å². The van der Waals surface area contributed by atoms with E-state index in [1.54, 1.807) is 12.1 Å². The van der Waals surface area contributed by atoms with Crippen LogP contribution in [0.1, 0.15) is 6.42 Å². The van der Waals surface area contributed by atoms with Gasteiger partial charge in [-0.05, 0) is 24.5 Å². The third-order valence-electron chi connectivity index (χ3n) is 3.49. The van der Waals surface area contributed by atoms with Gasteiger partial charge in [-0.3, -0.25) is 4.79 Å². The van der Waals surface area contributed by atoms with Gasteiger partial charge in [-0.2, -0.15) is 0 Å². The van der Waals surface area contributed by atoms with Crippen LogP contribution < -0.4 is 21.3 Å². The Morgan fingerprint density at radius 2 is 2.10 bits per heavy atom. The molecule has 6 nitrogen and oxygen atoms in total. The van der Waals surface area contributed by atoms with Crippen molar-refractivity contribution in [3.05, 3.63) is 30.1 Å². The Kier molecular flexibility index (Phi) is 4.97. The third kappa shape index (κ3) is 4.34. The molecule has 1 heterocycles. The average Bonchev–Trinajstić information content (AvgIpc) is 2.92. The molecule has 0 bridgehead atoms. The Bertz CT molecular complexity index is 523. The quantitative estimate of drug-likeness (QED) is 0.736. The number of nitrogens with one attached hydrogen (secondary N) is 2. The highest BCUT2D eigenvalue weighted by atomic mass is 19.1. The molecule has 0 aliphatic carbocycles. The Hall–Kier alpha value is -2.31. The lowest BCUT2D eigenvalue weighted by Gasteiger charge is -2.19. The second kappa shape index (κ2) is 6.92. The largest absolute Gasteiger partial charge is 0.369 e. The summed E-state index contributed by atoms with van der Waals surface area (Å²) in [6.07, 6.45) is 0.887. The van der Waals surface area contributed by atoms with E-state index in [4.69, 9.17) is 5.73 Å². The highest BCUT2D eigenvalue weighted by Crippen LogP contribution is 2.25. The van der Waals surface area contributed by atoms with Gasteiger partial charge >= 0.3 is 6.03 Å². The molecule has 0 unspecified atom stereocenters. The van der Waals surface area contributed by atoms with E-state index in [2.05, 4.69) is 10.6 Å².